The fraction of sp³-hybridized carbons (Fsp3) is 0.273. The first-order valence-corrected chi connectivity index (χ1v) is 4.90. The molecular formula is C11H10ClNO3. The molecule has 1 aromatic rings. The Hall–Kier alpha value is -1.73. The Morgan fingerprint density at radius 1 is 1.56 bits per heavy atom. The van der Waals surface area contributed by atoms with Crippen LogP contribution in [0.4, 0.5) is 0 Å². The van der Waals surface area contributed by atoms with Gasteiger partial charge in [0.15, 0.2) is 6.10 Å². The molecule has 0 saturated carbocycles. The molecule has 1 rings (SSSR count). The standard InChI is InChI=1S/C11H10ClNO3/c1-7(11(14)15-2)16-9-4-3-8(6-13)10(12)5-9/h3-5,7H,1-2H3/t7-/m0/s1. The van der Waals surface area contributed by atoms with Gasteiger partial charge in [0.1, 0.15) is 11.8 Å². The predicted octanol–water partition coefficient (Wildman–Crippen LogP) is 2.15. The Balaban J connectivity index is 2.80. The lowest BCUT2D eigenvalue weighted by Crippen LogP contribution is -2.24. The molecule has 0 aromatic heterocycles. The fourth-order valence-electron chi connectivity index (χ4n) is 1.08. The maximum atomic E-state index is 11.1. The van der Waals surface area contributed by atoms with Crippen LogP contribution in [-0.2, 0) is 9.53 Å². The molecule has 0 aliphatic carbocycles. The van der Waals surface area contributed by atoms with Crippen molar-refractivity contribution in [3.8, 4) is 11.8 Å². The Morgan fingerprint density at radius 2 is 2.25 bits per heavy atom. The summed E-state index contributed by atoms with van der Waals surface area (Å²) in [5, 5.41) is 8.96. The number of hydrogen-bond donors (Lipinski definition) is 0. The predicted molar refractivity (Wildman–Crippen MR) is 58.3 cm³/mol. The van der Waals surface area contributed by atoms with Gasteiger partial charge in [0.05, 0.1) is 17.7 Å². The largest absolute Gasteiger partial charge is 0.479 e. The molecule has 0 fully saturated rings. The minimum Gasteiger partial charge on any atom is -0.479 e. The van der Waals surface area contributed by atoms with Gasteiger partial charge in [0.2, 0.25) is 0 Å². The molecule has 0 aliphatic rings. The minimum atomic E-state index is -0.714. The second kappa shape index (κ2) is 5.38. The molecule has 0 spiro atoms. The molecule has 1 aromatic carbocycles. The van der Waals surface area contributed by atoms with E-state index in [1.807, 2.05) is 6.07 Å². The van der Waals surface area contributed by atoms with E-state index in [1.165, 1.54) is 19.2 Å². The van der Waals surface area contributed by atoms with Gasteiger partial charge in [0, 0.05) is 6.07 Å². The molecule has 0 aliphatic heterocycles. The second-order valence-electron chi connectivity index (χ2n) is 3.04. The van der Waals surface area contributed by atoms with Crippen LogP contribution in [0.1, 0.15) is 12.5 Å². The van der Waals surface area contributed by atoms with E-state index in [2.05, 4.69) is 4.74 Å². The van der Waals surface area contributed by atoms with Gasteiger partial charge >= 0.3 is 5.97 Å². The van der Waals surface area contributed by atoms with E-state index in [4.69, 9.17) is 21.6 Å². The SMILES string of the molecule is COC(=O)[C@H](C)Oc1ccc(C#N)c(Cl)c1. The van der Waals surface area contributed by atoms with Crippen molar-refractivity contribution < 1.29 is 14.3 Å². The van der Waals surface area contributed by atoms with E-state index in [-0.39, 0.29) is 5.02 Å². The maximum absolute atomic E-state index is 11.1. The lowest BCUT2D eigenvalue weighted by Gasteiger charge is -2.12. The topological polar surface area (TPSA) is 59.3 Å². The molecule has 0 heterocycles. The van der Waals surface area contributed by atoms with Crippen molar-refractivity contribution in [3.63, 3.8) is 0 Å². The van der Waals surface area contributed by atoms with Gasteiger partial charge < -0.3 is 9.47 Å². The summed E-state index contributed by atoms with van der Waals surface area (Å²) in [6.45, 7) is 1.57. The third-order valence-corrected chi connectivity index (χ3v) is 2.22. The summed E-state index contributed by atoms with van der Waals surface area (Å²) in [6.07, 6.45) is -0.714. The van der Waals surface area contributed by atoms with E-state index < -0.39 is 12.1 Å². The molecule has 1 atom stereocenters. The van der Waals surface area contributed by atoms with Crippen molar-refractivity contribution in [1.82, 2.24) is 0 Å². The first-order chi connectivity index (χ1) is 7.58. The molecule has 16 heavy (non-hydrogen) atoms. The van der Waals surface area contributed by atoms with E-state index in [0.29, 0.717) is 11.3 Å². The van der Waals surface area contributed by atoms with Crippen LogP contribution >= 0.6 is 11.6 Å². The molecule has 84 valence electrons. The summed E-state index contributed by atoms with van der Waals surface area (Å²) < 4.78 is 9.79. The van der Waals surface area contributed by atoms with Crippen LogP contribution in [0.2, 0.25) is 5.02 Å². The number of benzene rings is 1. The van der Waals surface area contributed by atoms with E-state index in [1.54, 1.807) is 13.0 Å². The number of hydrogen-bond acceptors (Lipinski definition) is 4. The maximum Gasteiger partial charge on any atom is 0.346 e. The number of nitriles is 1. The lowest BCUT2D eigenvalue weighted by molar-refractivity contribution is -0.147. The number of rotatable bonds is 3. The van der Waals surface area contributed by atoms with Crippen molar-refractivity contribution in [1.29, 1.82) is 5.26 Å². The molecular weight excluding hydrogens is 230 g/mol. The summed E-state index contributed by atoms with van der Waals surface area (Å²) in [6, 6.07) is 6.52. The average molecular weight is 240 g/mol. The highest BCUT2D eigenvalue weighted by Crippen LogP contribution is 2.22. The first-order valence-electron chi connectivity index (χ1n) is 4.52. The lowest BCUT2D eigenvalue weighted by atomic mass is 10.2. The number of carbonyl (C=O) groups excluding carboxylic acids is 1. The fourth-order valence-corrected chi connectivity index (χ4v) is 1.29. The summed E-state index contributed by atoms with van der Waals surface area (Å²) in [5.41, 5.74) is 0.361. The zero-order valence-electron chi connectivity index (χ0n) is 8.86. The van der Waals surface area contributed by atoms with Gasteiger partial charge in [-0.1, -0.05) is 11.6 Å². The highest BCUT2D eigenvalue weighted by Gasteiger charge is 2.15. The smallest absolute Gasteiger partial charge is 0.346 e. The molecule has 0 N–H and O–H groups in total. The van der Waals surface area contributed by atoms with Gasteiger partial charge in [0.25, 0.3) is 0 Å². The Kier molecular flexibility index (Phi) is 4.15. The highest BCUT2D eigenvalue weighted by molar-refractivity contribution is 6.31. The van der Waals surface area contributed by atoms with Crippen LogP contribution in [-0.4, -0.2) is 19.2 Å². The summed E-state index contributed by atoms with van der Waals surface area (Å²) in [4.78, 5) is 11.1. The van der Waals surface area contributed by atoms with Crippen molar-refractivity contribution >= 4 is 17.6 Å². The Labute approximate surface area is 98.3 Å². The molecule has 4 nitrogen and oxygen atoms in total. The molecule has 0 saturated heterocycles. The number of nitrogens with zero attached hydrogens (tertiary/aromatic N) is 1. The third-order valence-electron chi connectivity index (χ3n) is 1.91. The molecule has 0 radical (unpaired) electrons. The quantitative estimate of drug-likeness (QED) is 0.759. The van der Waals surface area contributed by atoms with E-state index in [9.17, 15) is 4.79 Å². The molecule has 5 heteroatoms. The van der Waals surface area contributed by atoms with Crippen LogP contribution < -0.4 is 4.74 Å². The van der Waals surface area contributed by atoms with Gasteiger partial charge in [-0.3, -0.25) is 0 Å². The van der Waals surface area contributed by atoms with Crippen LogP contribution in [0.5, 0.6) is 5.75 Å². The molecule has 0 amide bonds. The van der Waals surface area contributed by atoms with Crippen LogP contribution in [0.3, 0.4) is 0 Å². The highest BCUT2D eigenvalue weighted by atomic mass is 35.5. The zero-order chi connectivity index (χ0) is 12.1. The number of carbonyl (C=O) groups is 1. The number of halogens is 1. The first kappa shape index (κ1) is 12.3. The van der Waals surface area contributed by atoms with Gasteiger partial charge in [-0.15, -0.1) is 0 Å². The summed E-state index contributed by atoms with van der Waals surface area (Å²) >= 11 is 5.81. The zero-order valence-corrected chi connectivity index (χ0v) is 9.62. The summed E-state index contributed by atoms with van der Waals surface area (Å²) in [5.74, 6) is -0.0533. The van der Waals surface area contributed by atoms with Crippen LogP contribution in [0.25, 0.3) is 0 Å². The molecule has 0 unspecified atom stereocenters. The van der Waals surface area contributed by atoms with Crippen LogP contribution in [0, 0.1) is 11.3 Å². The van der Waals surface area contributed by atoms with Gasteiger partial charge in [-0.2, -0.15) is 5.26 Å². The third kappa shape index (κ3) is 2.88. The van der Waals surface area contributed by atoms with E-state index in [0.717, 1.165) is 0 Å². The number of ether oxygens (including phenoxy) is 2. The normalized spacial score (nSPS) is 11.4. The minimum absolute atomic E-state index is 0.289. The average Bonchev–Trinajstić information content (AvgIpc) is 2.28. The van der Waals surface area contributed by atoms with Gasteiger partial charge in [-0.25, -0.2) is 4.79 Å². The molecule has 0 bridgehead atoms. The second-order valence-corrected chi connectivity index (χ2v) is 3.44. The number of methoxy groups -OCH3 is 1. The summed E-state index contributed by atoms with van der Waals surface area (Å²) in [7, 11) is 1.29. The van der Waals surface area contributed by atoms with E-state index >= 15 is 0 Å². The Bertz CT molecular complexity index is 439. The van der Waals surface area contributed by atoms with Gasteiger partial charge in [-0.05, 0) is 19.1 Å². The van der Waals surface area contributed by atoms with Crippen molar-refractivity contribution in [2.45, 2.75) is 13.0 Å². The van der Waals surface area contributed by atoms with Crippen LogP contribution in [0.15, 0.2) is 18.2 Å². The van der Waals surface area contributed by atoms with Crippen molar-refractivity contribution in [2.75, 3.05) is 7.11 Å². The van der Waals surface area contributed by atoms with Crippen molar-refractivity contribution in [3.05, 3.63) is 28.8 Å². The number of esters is 1. The monoisotopic (exact) mass is 239 g/mol. The Morgan fingerprint density at radius 3 is 2.75 bits per heavy atom. The van der Waals surface area contributed by atoms with Crippen molar-refractivity contribution in [2.24, 2.45) is 0 Å².